The minimum absolute atomic E-state index is 0.481. The summed E-state index contributed by atoms with van der Waals surface area (Å²) in [6, 6.07) is 0. The SMILES string of the molecule is CCc1nc(Cl)c2cnn(C)c2n1. The van der Waals surface area contributed by atoms with Crippen LogP contribution in [0.25, 0.3) is 11.0 Å². The van der Waals surface area contributed by atoms with Crippen molar-refractivity contribution in [2.24, 2.45) is 7.05 Å². The number of hydrogen-bond donors (Lipinski definition) is 0. The Labute approximate surface area is 80.6 Å². The Bertz CT molecular complexity index is 449. The molecule has 0 fully saturated rings. The molecule has 2 rings (SSSR count). The van der Waals surface area contributed by atoms with Gasteiger partial charge in [0.2, 0.25) is 0 Å². The fourth-order valence-corrected chi connectivity index (χ4v) is 1.42. The monoisotopic (exact) mass is 196 g/mol. The van der Waals surface area contributed by atoms with Crippen molar-refractivity contribution in [3.63, 3.8) is 0 Å². The van der Waals surface area contributed by atoms with Crippen LogP contribution in [0.5, 0.6) is 0 Å². The van der Waals surface area contributed by atoms with Crippen molar-refractivity contribution in [3.8, 4) is 0 Å². The summed E-state index contributed by atoms with van der Waals surface area (Å²) in [7, 11) is 1.84. The third kappa shape index (κ3) is 1.27. The molecule has 0 amide bonds. The summed E-state index contributed by atoms with van der Waals surface area (Å²) < 4.78 is 1.70. The molecule has 0 aliphatic rings. The summed E-state index contributed by atoms with van der Waals surface area (Å²) in [4.78, 5) is 8.45. The van der Waals surface area contributed by atoms with Gasteiger partial charge in [-0.15, -0.1) is 0 Å². The molecule has 0 saturated carbocycles. The van der Waals surface area contributed by atoms with E-state index >= 15 is 0 Å². The average molecular weight is 197 g/mol. The van der Waals surface area contributed by atoms with Gasteiger partial charge in [-0.05, 0) is 0 Å². The Morgan fingerprint density at radius 3 is 2.92 bits per heavy atom. The van der Waals surface area contributed by atoms with E-state index < -0.39 is 0 Å². The normalized spacial score (nSPS) is 11.0. The molecular formula is C8H9ClN4. The maximum Gasteiger partial charge on any atom is 0.162 e. The highest BCUT2D eigenvalue weighted by molar-refractivity contribution is 6.33. The molecule has 0 saturated heterocycles. The first-order valence-electron chi connectivity index (χ1n) is 4.06. The molecule has 0 bridgehead atoms. The molecule has 0 N–H and O–H groups in total. The van der Waals surface area contributed by atoms with Gasteiger partial charge in [-0.25, -0.2) is 9.97 Å². The lowest BCUT2D eigenvalue weighted by atomic mass is 10.4. The standard InChI is InChI=1S/C8H9ClN4/c1-3-6-11-7(9)5-4-10-13(2)8(5)12-6/h4H,3H2,1-2H3. The zero-order valence-electron chi connectivity index (χ0n) is 7.45. The van der Waals surface area contributed by atoms with Gasteiger partial charge in [-0.2, -0.15) is 5.10 Å². The summed E-state index contributed by atoms with van der Waals surface area (Å²) in [6.45, 7) is 1.99. The second-order valence-electron chi connectivity index (χ2n) is 2.79. The number of aryl methyl sites for hydroxylation is 2. The Balaban J connectivity index is 2.80. The molecule has 5 heteroatoms. The molecule has 2 aromatic heterocycles. The molecule has 0 atom stereocenters. The third-order valence-corrected chi connectivity index (χ3v) is 2.20. The molecule has 68 valence electrons. The van der Waals surface area contributed by atoms with Crippen molar-refractivity contribution < 1.29 is 0 Å². The van der Waals surface area contributed by atoms with E-state index in [4.69, 9.17) is 11.6 Å². The predicted octanol–water partition coefficient (Wildman–Crippen LogP) is 1.58. The molecule has 0 aromatic carbocycles. The largest absolute Gasteiger partial charge is 0.250 e. The fourth-order valence-electron chi connectivity index (χ4n) is 1.19. The van der Waals surface area contributed by atoms with Gasteiger partial charge in [0.15, 0.2) is 5.65 Å². The lowest BCUT2D eigenvalue weighted by molar-refractivity contribution is 0.779. The number of fused-ring (bicyclic) bond motifs is 1. The second-order valence-corrected chi connectivity index (χ2v) is 3.15. The Hall–Kier alpha value is -1.16. The molecule has 13 heavy (non-hydrogen) atoms. The van der Waals surface area contributed by atoms with E-state index in [1.54, 1.807) is 10.9 Å². The fraction of sp³-hybridized carbons (Fsp3) is 0.375. The number of rotatable bonds is 1. The first kappa shape index (κ1) is 8.44. The van der Waals surface area contributed by atoms with Crippen LogP contribution in [0.1, 0.15) is 12.7 Å². The van der Waals surface area contributed by atoms with Crippen LogP contribution in [0.3, 0.4) is 0 Å². The number of aromatic nitrogens is 4. The quantitative estimate of drug-likeness (QED) is 0.651. The van der Waals surface area contributed by atoms with Gasteiger partial charge in [0.25, 0.3) is 0 Å². The Kier molecular flexibility index (Phi) is 1.92. The van der Waals surface area contributed by atoms with Crippen LogP contribution in [-0.2, 0) is 13.5 Å². The lowest BCUT2D eigenvalue weighted by Gasteiger charge is -1.98. The van der Waals surface area contributed by atoms with Crippen molar-refractivity contribution in [2.75, 3.05) is 0 Å². The van der Waals surface area contributed by atoms with Gasteiger partial charge in [-0.1, -0.05) is 18.5 Å². The predicted molar refractivity (Wildman–Crippen MR) is 50.7 cm³/mol. The van der Waals surface area contributed by atoms with Gasteiger partial charge in [0, 0.05) is 13.5 Å². The summed E-state index contributed by atoms with van der Waals surface area (Å²) in [6.07, 6.45) is 2.46. The summed E-state index contributed by atoms with van der Waals surface area (Å²) in [5, 5.41) is 5.35. The van der Waals surface area contributed by atoms with E-state index in [0.717, 1.165) is 23.3 Å². The zero-order valence-corrected chi connectivity index (χ0v) is 8.21. The Morgan fingerprint density at radius 1 is 1.46 bits per heavy atom. The van der Waals surface area contributed by atoms with Crippen LogP contribution in [0.15, 0.2) is 6.20 Å². The van der Waals surface area contributed by atoms with Gasteiger partial charge in [0.1, 0.15) is 11.0 Å². The van der Waals surface area contributed by atoms with Crippen LogP contribution in [0.2, 0.25) is 5.15 Å². The highest BCUT2D eigenvalue weighted by atomic mass is 35.5. The molecule has 0 aliphatic heterocycles. The maximum absolute atomic E-state index is 5.95. The summed E-state index contributed by atoms with van der Waals surface area (Å²) in [5.41, 5.74) is 0.789. The molecular weight excluding hydrogens is 188 g/mol. The third-order valence-electron chi connectivity index (χ3n) is 1.91. The highest BCUT2D eigenvalue weighted by Crippen LogP contribution is 2.18. The maximum atomic E-state index is 5.95. The Morgan fingerprint density at radius 2 is 2.23 bits per heavy atom. The number of nitrogens with zero attached hydrogens (tertiary/aromatic N) is 4. The zero-order chi connectivity index (χ0) is 9.42. The van der Waals surface area contributed by atoms with Crippen molar-refractivity contribution in [1.29, 1.82) is 0 Å². The van der Waals surface area contributed by atoms with Crippen LogP contribution < -0.4 is 0 Å². The van der Waals surface area contributed by atoms with Crippen LogP contribution in [-0.4, -0.2) is 19.7 Å². The van der Waals surface area contributed by atoms with E-state index in [9.17, 15) is 0 Å². The summed E-state index contributed by atoms with van der Waals surface area (Å²) in [5.74, 6) is 0.751. The lowest BCUT2D eigenvalue weighted by Crippen LogP contribution is -1.97. The molecule has 4 nitrogen and oxygen atoms in total. The van der Waals surface area contributed by atoms with Crippen molar-refractivity contribution in [3.05, 3.63) is 17.2 Å². The van der Waals surface area contributed by atoms with Crippen molar-refractivity contribution >= 4 is 22.6 Å². The van der Waals surface area contributed by atoms with Crippen LogP contribution in [0, 0.1) is 0 Å². The van der Waals surface area contributed by atoms with E-state index in [1.807, 2.05) is 14.0 Å². The molecule has 0 aliphatic carbocycles. The molecule has 0 unspecified atom stereocenters. The molecule has 2 aromatic rings. The van der Waals surface area contributed by atoms with E-state index in [2.05, 4.69) is 15.1 Å². The second kappa shape index (κ2) is 2.96. The molecule has 0 radical (unpaired) electrons. The van der Waals surface area contributed by atoms with Gasteiger partial charge in [-0.3, -0.25) is 4.68 Å². The van der Waals surface area contributed by atoms with Gasteiger partial charge in [0.05, 0.1) is 11.6 Å². The number of hydrogen-bond acceptors (Lipinski definition) is 3. The smallest absolute Gasteiger partial charge is 0.162 e. The minimum atomic E-state index is 0.481. The minimum Gasteiger partial charge on any atom is -0.250 e. The van der Waals surface area contributed by atoms with Gasteiger partial charge >= 0.3 is 0 Å². The van der Waals surface area contributed by atoms with Crippen LogP contribution in [0.4, 0.5) is 0 Å². The van der Waals surface area contributed by atoms with E-state index in [1.165, 1.54) is 0 Å². The van der Waals surface area contributed by atoms with E-state index in [-0.39, 0.29) is 0 Å². The van der Waals surface area contributed by atoms with Gasteiger partial charge < -0.3 is 0 Å². The number of halogens is 1. The van der Waals surface area contributed by atoms with Crippen molar-refractivity contribution in [1.82, 2.24) is 19.7 Å². The molecule has 2 heterocycles. The first-order chi connectivity index (χ1) is 6.22. The highest BCUT2D eigenvalue weighted by Gasteiger charge is 2.07. The summed E-state index contributed by atoms with van der Waals surface area (Å²) >= 11 is 5.95. The van der Waals surface area contributed by atoms with Crippen molar-refractivity contribution in [2.45, 2.75) is 13.3 Å². The average Bonchev–Trinajstić information content (AvgIpc) is 2.48. The first-order valence-corrected chi connectivity index (χ1v) is 4.44. The molecule has 0 spiro atoms. The van der Waals surface area contributed by atoms with Crippen LogP contribution >= 0.6 is 11.6 Å². The van der Waals surface area contributed by atoms with E-state index in [0.29, 0.717) is 5.15 Å². The topological polar surface area (TPSA) is 43.6 Å².